The second-order valence-corrected chi connectivity index (χ2v) is 8.39. The van der Waals surface area contributed by atoms with E-state index in [0.29, 0.717) is 22.9 Å². The molecule has 0 aliphatic carbocycles. The van der Waals surface area contributed by atoms with Crippen molar-refractivity contribution in [3.05, 3.63) is 34.7 Å². The molecule has 0 spiro atoms. The van der Waals surface area contributed by atoms with Crippen molar-refractivity contribution < 1.29 is 14.3 Å². The van der Waals surface area contributed by atoms with Crippen molar-refractivity contribution in [3.63, 3.8) is 0 Å². The lowest BCUT2D eigenvalue weighted by Gasteiger charge is -2.21. The molecule has 1 amide bonds. The maximum absolute atomic E-state index is 12.6. The highest BCUT2D eigenvalue weighted by Crippen LogP contribution is 2.43. The third-order valence-corrected chi connectivity index (χ3v) is 6.66. The van der Waals surface area contributed by atoms with Crippen molar-refractivity contribution >= 4 is 45.5 Å². The standard InChI is InChI=1S/C20H25N3O3S2/c1-5-13-10-14-19(22-17(6-2)23-20(14)28-13)27-11-18(24)21-15-9-12(25-3)7-8-16(15)26-4/h7-10,19H,5-6,11H2,1-4H3,(H,21,24)(H,22,23). The van der Waals surface area contributed by atoms with Gasteiger partial charge in [0.05, 0.1) is 25.7 Å². The van der Waals surface area contributed by atoms with Gasteiger partial charge in [0.15, 0.2) is 0 Å². The highest BCUT2D eigenvalue weighted by Gasteiger charge is 2.24. The average Bonchev–Trinajstić information content (AvgIpc) is 3.15. The number of amidine groups is 1. The lowest BCUT2D eigenvalue weighted by atomic mass is 10.2. The Morgan fingerprint density at radius 2 is 2.07 bits per heavy atom. The average molecular weight is 420 g/mol. The fraction of sp³-hybridized carbons (Fsp3) is 0.400. The van der Waals surface area contributed by atoms with Gasteiger partial charge in [0.1, 0.15) is 27.7 Å². The molecule has 1 atom stereocenters. The van der Waals surface area contributed by atoms with E-state index < -0.39 is 0 Å². The number of methoxy groups -OCH3 is 2. The molecule has 6 nitrogen and oxygen atoms in total. The Hall–Kier alpha value is -2.19. The van der Waals surface area contributed by atoms with E-state index in [2.05, 4.69) is 30.5 Å². The lowest BCUT2D eigenvalue weighted by Crippen LogP contribution is -2.19. The number of carbonyl (C=O) groups is 1. The predicted octanol–water partition coefficient (Wildman–Crippen LogP) is 4.93. The van der Waals surface area contributed by atoms with E-state index in [9.17, 15) is 4.79 Å². The summed E-state index contributed by atoms with van der Waals surface area (Å²) in [7, 11) is 3.17. The number of hydrogen-bond acceptors (Lipinski definition) is 7. The lowest BCUT2D eigenvalue weighted by molar-refractivity contribution is -0.113. The number of thioether (sulfide) groups is 1. The summed E-state index contributed by atoms with van der Waals surface area (Å²) < 4.78 is 10.6. The maximum Gasteiger partial charge on any atom is 0.234 e. The van der Waals surface area contributed by atoms with E-state index in [0.717, 1.165) is 29.2 Å². The van der Waals surface area contributed by atoms with E-state index in [1.54, 1.807) is 43.8 Å². The highest BCUT2D eigenvalue weighted by molar-refractivity contribution is 8.00. The van der Waals surface area contributed by atoms with Crippen LogP contribution in [0, 0.1) is 0 Å². The third-order valence-electron chi connectivity index (χ3n) is 4.35. The molecule has 1 aromatic carbocycles. The number of aliphatic imine (C=N–C) groups is 1. The van der Waals surface area contributed by atoms with Gasteiger partial charge in [-0.1, -0.05) is 13.8 Å². The quantitative estimate of drug-likeness (QED) is 0.635. The molecular formula is C20H25N3O3S2. The van der Waals surface area contributed by atoms with Gasteiger partial charge in [0.2, 0.25) is 5.91 Å². The molecule has 0 saturated carbocycles. The van der Waals surface area contributed by atoms with Gasteiger partial charge in [-0.05, 0) is 24.6 Å². The van der Waals surface area contributed by atoms with E-state index in [1.807, 2.05) is 0 Å². The first-order valence-electron chi connectivity index (χ1n) is 9.17. The summed E-state index contributed by atoms with van der Waals surface area (Å²) in [5.41, 5.74) is 1.76. The first-order valence-corrected chi connectivity index (χ1v) is 11.0. The summed E-state index contributed by atoms with van der Waals surface area (Å²) >= 11 is 3.30. The molecule has 0 saturated heterocycles. The SMILES string of the molecule is CCC1=NC(SCC(=O)Nc2cc(OC)ccc2OC)c2cc(CC)sc2N1. The first kappa shape index (κ1) is 20.5. The van der Waals surface area contributed by atoms with E-state index in [4.69, 9.17) is 14.5 Å². The maximum atomic E-state index is 12.6. The molecule has 2 aromatic rings. The molecule has 28 heavy (non-hydrogen) atoms. The van der Waals surface area contributed by atoms with Gasteiger partial charge in [-0.25, -0.2) is 0 Å². The van der Waals surface area contributed by atoms with Crippen LogP contribution in [0.4, 0.5) is 10.7 Å². The number of thiophene rings is 1. The Bertz CT molecular complexity index is 880. The molecule has 1 aromatic heterocycles. The molecule has 0 fully saturated rings. The molecule has 1 aliphatic rings. The topological polar surface area (TPSA) is 72.0 Å². The number of aryl methyl sites for hydroxylation is 1. The summed E-state index contributed by atoms with van der Waals surface area (Å²) in [5, 5.41) is 7.41. The molecule has 150 valence electrons. The Morgan fingerprint density at radius 1 is 1.25 bits per heavy atom. The van der Waals surface area contributed by atoms with Crippen LogP contribution in [0.2, 0.25) is 0 Å². The Balaban J connectivity index is 1.69. The minimum atomic E-state index is -0.101. The highest BCUT2D eigenvalue weighted by atomic mass is 32.2. The number of nitrogens with zero attached hydrogens (tertiary/aromatic N) is 1. The van der Waals surface area contributed by atoms with E-state index >= 15 is 0 Å². The van der Waals surface area contributed by atoms with Gasteiger partial charge in [0, 0.05) is 22.9 Å². The van der Waals surface area contributed by atoms with Gasteiger partial charge in [-0.3, -0.25) is 9.79 Å². The number of fused-ring (bicyclic) bond motifs is 1. The van der Waals surface area contributed by atoms with Gasteiger partial charge < -0.3 is 20.1 Å². The first-order chi connectivity index (χ1) is 13.6. The minimum Gasteiger partial charge on any atom is -0.497 e. The van der Waals surface area contributed by atoms with Crippen molar-refractivity contribution in [3.8, 4) is 11.5 Å². The van der Waals surface area contributed by atoms with Crippen molar-refractivity contribution in [1.82, 2.24) is 0 Å². The molecule has 1 aliphatic heterocycles. The second-order valence-electron chi connectivity index (χ2n) is 6.18. The number of carbonyl (C=O) groups excluding carboxylic acids is 1. The Kier molecular flexibility index (Phi) is 6.85. The fourth-order valence-electron chi connectivity index (χ4n) is 2.85. The fourth-order valence-corrected chi connectivity index (χ4v) is 4.92. The van der Waals surface area contributed by atoms with Crippen molar-refractivity contribution in [2.75, 3.05) is 30.6 Å². The minimum absolute atomic E-state index is 0.0688. The Labute approximate surface area is 173 Å². The summed E-state index contributed by atoms with van der Waals surface area (Å²) in [6.45, 7) is 4.23. The molecule has 0 bridgehead atoms. The van der Waals surface area contributed by atoms with Crippen LogP contribution in [0.5, 0.6) is 11.5 Å². The van der Waals surface area contributed by atoms with E-state index in [1.165, 1.54) is 16.6 Å². The van der Waals surface area contributed by atoms with Crippen LogP contribution < -0.4 is 20.1 Å². The zero-order valence-corrected chi connectivity index (χ0v) is 18.1. The second kappa shape index (κ2) is 9.34. The number of anilines is 2. The Morgan fingerprint density at radius 3 is 2.75 bits per heavy atom. The molecule has 1 unspecified atom stereocenters. The number of ether oxygens (including phenoxy) is 2. The summed E-state index contributed by atoms with van der Waals surface area (Å²) in [4.78, 5) is 18.7. The predicted molar refractivity (Wildman–Crippen MR) is 118 cm³/mol. The van der Waals surface area contributed by atoms with Crippen molar-refractivity contribution in [1.29, 1.82) is 0 Å². The van der Waals surface area contributed by atoms with Crippen LogP contribution in [0.15, 0.2) is 29.3 Å². The molecule has 0 radical (unpaired) electrons. The van der Waals surface area contributed by atoms with Crippen LogP contribution in [-0.2, 0) is 11.2 Å². The summed E-state index contributed by atoms with van der Waals surface area (Å²) in [6, 6.07) is 7.52. The normalized spacial score (nSPS) is 15.3. The zero-order chi connectivity index (χ0) is 20.1. The van der Waals surface area contributed by atoms with Gasteiger partial charge >= 0.3 is 0 Å². The van der Waals surface area contributed by atoms with Crippen molar-refractivity contribution in [2.24, 2.45) is 4.99 Å². The number of rotatable bonds is 8. The molecule has 2 heterocycles. The number of benzene rings is 1. The zero-order valence-electron chi connectivity index (χ0n) is 16.5. The van der Waals surface area contributed by atoms with Crippen LogP contribution in [0.1, 0.15) is 36.1 Å². The van der Waals surface area contributed by atoms with Gasteiger partial charge in [-0.15, -0.1) is 23.1 Å². The third kappa shape index (κ3) is 4.62. The number of amides is 1. The van der Waals surface area contributed by atoms with Gasteiger partial charge in [0.25, 0.3) is 0 Å². The summed E-state index contributed by atoms with van der Waals surface area (Å²) in [5.74, 6) is 2.41. The molecule has 8 heteroatoms. The van der Waals surface area contributed by atoms with Gasteiger partial charge in [-0.2, -0.15) is 0 Å². The van der Waals surface area contributed by atoms with Crippen LogP contribution in [0.25, 0.3) is 0 Å². The van der Waals surface area contributed by atoms with E-state index in [-0.39, 0.29) is 11.3 Å². The van der Waals surface area contributed by atoms with Crippen LogP contribution >= 0.6 is 23.1 Å². The number of hydrogen-bond donors (Lipinski definition) is 2. The monoisotopic (exact) mass is 419 g/mol. The number of nitrogens with one attached hydrogen (secondary N) is 2. The van der Waals surface area contributed by atoms with Crippen molar-refractivity contribution in [2.45, 2.75) is 32.1 Å². The molecular weight excluding hydrogens is 394 g/mol. The van der Waals surface area contributed by atoms with Crippen LogP contribution in [0.3, 0.4) is 0 Å². The molecule has 2 N–H and O–H groups in total. The summed E-state index contributed by atoms with van der Waals surface area (Å²) in [6.07, 6.45) is 1.83. The largest absolute Gasteiger partial charge is 0.497 e. The molecule has 3 rings (SSSR count). The van der Waals surface area contributed by atoms with Crippen LogP contribution in [-0.4, -0.2) is 31.7 Å². The smallest absolute Gasteiger partial charge is 0.234 e.